The van der Waals surface area contributed by atoms with E-state index in [1.165, 1.54) is 70.6 Å². The van der Waals surface area contributed by atoms with Crippen molar-refractivity contribution in [1.82, 2.24) is 15.5 Å². The molecule has 0 aromatic carbocycles. The molecular formula is C36H71N3O13. The molecule has 0 unspecified atom stereocenters. The van der Waals surface area contributed by atoms with E-state index in [1.54, 1.807) is 4.90 Å². The molecule has 3 amide bonds. The fourth-order valence-corrected chi connectivity index (χ4v) is 5.69. The summed E-state index contributed by atoms with van der Waals surface area (Å²) in [4.78, 5) is 39.2. The minimum atomic E-state index is -2.08. The molecule has 52 heavy (non-hydrogen) atoms. The average molecular weight is 754 g/mol. The summed E-state index contributed by atoms with van der Waals surface area (Å²) < 4.78 is 0. The first-order chi connectivity index (χ1) is 24.8. The zero-order valence-corrected chi connectivity index (χ0v) is 31.2. The molecule has 0 aliphatic heterocycles. The summed E-state index contributed by atoms with van der Waals surface area (Å²) in [6, 6.07) is 0. The SMILES string of the molecule is CCCCCCCCCCCCCCCCCC(=O)N(CCCNC(=O)[C@H](O)[C@@H](O)[C@H](O)[C@@H](O)CO)CCCNC(=O)[C@H](O)[C@@H](O)[C@H](O)[C@@H](O)CO. The third-order valence-corrected chi connectivity index (χ3v) is 9.20. The molecule has 0 bridgehead atoms. The van der Waals surface area contributed by atoms with Crippen LogP contribution in [0.1, 0.15) is 122 Å². The highest BCUT2D eigenvalue weighted by Gasteiger charge is 2.35. The lowest BCUT2D eigenvalue weighted by atomic mass is 10.0. The summed E-state index contributed by atoms with van der Waals surface area (Å²) in [5, 5.41) is 101. The Bertz CT molecular complexity index is 871. The number of aliphatic hydroxyl groups is 10. The number of carbonyl (C=O) groups excluding carboxylic acids is 3. The van der Waals surface area contributed by atoms with Crippen LogP contribution < -0.4 is 10.6 Å². The third-order valence-electron chi connectivity index (χ3n) is 9.20. The number of nitrogens with one attached hydrogen (secondary N) is 2. The van der Waals surface area contributed by atoms with Gasteiger partial charge in [0.25, 0.3) is 11.8 Å². The Labute approximate surface area is 309 Å². The smallest absolute Gasteiger partial charge is 0.251 e. The van der Waals surface area contributed by atoms with Crippen molar-refractivity contribution in [2.45, 2.75) is 171 Å². The Morgan fingerprint density at radius 1 is 0.481 bits per heavy atom. The van der Waals surface area contributed by atoms with Crippen molar-refractivity contribution in [3.63, 3.8) is 0 Å². The lowest BCUT2D eigenvalue weighted by molar-refractivity contribution is -0.149. The van der Waals surface area contributed by atoms with E-state index in [-0.39, 0.29) is 44.9 Å². The van der Waals surface area contributed by atoms with Crippen LogP contribution >= 0.6 is 0 Å². The molecule has 0 fully saturated rings. The summed E-state index contributed by atoms with van der Waals surface area (Å²) in [6.45, 7) is 0.831. The van der Waals surface area contributed by atoms with E-state index in [2.05, 4.69) is 17.6 Å². The van der Waals surface area contributed by atoms with Crippen molar-refractivity contribution in [3.8, 4) is 0 Å². The Hall–Kier alpha value is -1.99. The number of unbranched alkanes of at least 4 members (excludes halogenated alkanes) is 14. The minimum Gasteiger partial charge on any atom is -0.394 e. The van der Waals surface area contributed by atoms with Crippen molar-refractivity contribution in [3.05, 3.63) is 0 Å². The Kier molecular flexibility index (Phi) is 30.2. The second-order valence-electron chi connectivity index (χ2n) is 13.7. The maximum absolute atomic E-state index is 13.1. The van der Waals surface area contributed by atoms with Crippen molar-refractivity contribution in [1.29, 1.82) is 0 Å². The highest BCUT2D eigenvalue weighted by molar-refractivity contribution is 5.81. The minimum absolute atomic E-state index is 0.00711. The van der Waals surface area contributed by atoms with Crippen LogP contribution in [0.25, 0.3) is 0 Å². The second kappa shape index (κ2) is 31.4. The summed E-state index contributed by atoms with van der Waals surface area (Å²) in [5.74, 6) is -2.18. The standard InChI is InChI=1S/C36H71N3O13/c1-2-3-4-5-6-7-8-9-10-11-12-13-14-15-16-19-28(44)39(22-17-20-37-35(51)33(49)31(47)29(45)26(42)24-40)23-18-21-38-36(52)34(50)32(48)30(46)27(43)25-41/h26-27,29-34,40-43,45-50H,2-25H2,1H3,(H,37,51)(H,38,52)/t26-,27-,29+,30+,31-,32-,33+,34+/m0/s1. The molecule has 0 heterocycles. The number of carbonyl (C=O) groups is 3. The van der Waals surface area contributed by atoms with Gasteiger partial charge < -0.3 is 66.6 Å². The zero-order valence-electron chi connectivity index (χ0n) is 31.2. The van der Waals surface area contributed by atoms with Gasteiger partial charge in [-0.15, -0.1) is 0 Å². The predicted molar refractivity (Wildman–Crippen MR) is 194 cm³/mol. The number of amides is 3. The van der Waals surface area contributed by atoms with E-state index in [0.29, 0.717) is 12.8 Å². The van der Waals surface area contributed by atoms with Gasteiger partial charge in [0.1, 0.15) is 36.6 Å². The lowest BCUT2D eigenvalue weighted by Crippen LogP contribution is -2.52. The maximum atomic E-state index is 13.1. The van der Waals surface area contributed by atoms with Crippen LogP contribution in [0.4, 0.5) is 0 Å². The van der Waals surface area contributed by atoms with Gasteiger partial charge in [-0.2, -0.15) is 0 Å². The first-order valence-corrected chi connectivity index (χ1v) is 19.3. The number of aliphatic hydroxyl groups excluding tert-OH is 10. The molecule has 0 spiro atoms. The van der Waals surface area contributed by atoms with Crippen LogP contribution in [0.2, 0.25) is 0 Å². The molecule has 0 saturated carbocycles. The van der Waals surface area contributed by atoms with Crippen LogP contribution in [0.15, 0.2) is 0 Å². The highest BCUT2D eigenvalue weighted by Crippen LogP contribution is 2.14. The predicted octanol–water partition coefficient (Wildman–Crippen LogP) is -1.04. The van der Waals surface area contributed by atoms with E-state index < -0.39 is 73.9 Å². The molecule has 0 saturated heterocycles. The normalized spacial score (nSPS) is 16.3. The Balaban J connectivity index is 4.74. The van der Waals surface area contributed by atoms with Crippen molar-refractivity contribution in [2.24, 2.45) is 0 Å². The monoisotopic (exact) mass is 753 g/mol. The van der Waals surface area contributed by atoms with Gasteiger partial charge in [-0.05, 0) is 19.3 Å². The van der Waals surface area contributed by atoms with Gasteiger partial charge in [0.2, 0.25) is 5.91 Å². The number of hydrogen-bond acceptors (Lipinski definition) is 13. The van der Waals surface area contributed by atoms with Gasteiger partial charge in [0.05, 0.1) is 13.2 Å². The highest BCUT2D eigenvalue weighted by atomic mass is 16.4. The molecule has 0 radical (unpaired) electrons. The first-order valence-electron chi connectivity index (χ1n) is 19.3. The molecular weight excluding hydrogens is 682 g/mol. The maximum Gasteiger partial charge on any atom is 0.251 e. The molecule has 0 aromatic heterocycles. The van der Waals surface area contributed by atoms with E-state index in [9.17, 15) is 55.2 Å². The van der Waals surface area contributed by atoms with Crippen LogP contribution in [0.3, 0.4) is 0 Å². The Morgan fingerprint density at radius 2 is 0.808 bits per heavy atom. The second-order valence-corrected chi connectivity index (χ2v) is 13.7. The molecule has 0 aliphatic carbocycles. The van der Waals surface area contributed by atoms with Gasteiger partial charge in [-0.3, -0.25) is 14.4 Å². The van der Waals surface area contributed by atoms with E-state index in [4.69, 9.17) is 10.2 Å². The Morgan fingerprint density at radius 3 is 1.13 bits per heavy atom. The first kappa shape index (κ1) is 50.0. The fraction of sp³-hybridized carbons (Fsp3) is 0.917. The van der Waals surface area contributed by atoms with Crippen LogP contribution in [0, 0.1) is 0 Å². The summed E-state index contributed by atoms with van der Waals surface area (Å²) in [7, 11) is 0. The van der Waals surface area contributed by atoms with Crippen LogP contribution in [-0.4, -0.2) is 162 Å². The summed E-state index contributed by atoms with van der Waals surface area (Å²) in [6.07, 6.45) is 3.04. The van der Waals surface area contributed by atoms with Crippen LogP contribution in [-0.2, 0) is 14.4 Å². The quantitative estimate of drug-likeness (QED) is 0.0351. The van der Waals surface area contributed by atoms with Crippen molar-refractivity contribution < 1.29 is 65.4 Å². The van der Waals surface area contributed by atoms with Gasteiger partial charge in [0.15, 0.2) is 12.2 Å². The average Bonchev–Trinajstić information content (AvgIpc) is 3.15. The summed E-state index contributed by atoms with van der Waals surface area (Å²) in [5.41, 5.74) is 0. The van der Waals surface area contributed by atoms with Gasteiger partial charge in [0, 0.05) is 32.6 Å². The molecule has 0 rings (SSSR count). The topological polar surface area (TPSA) is 281 Å². The number of rotatable bonds is 34. The number of hydrogen-bond donors (Lipinski definition) is 12. The molecule has 0 aromatic rings. The van der Waals surface area contributed by atoms with Gasteiger partial charge in [-0.1, -0.05) is 96.8 Å². The van der Waals surface area contributed by atoms with Crippen molar-refractivity contribution >= 4 is 17.7 Å². The van der Waals surface area contributed by atoms with Crippen molar-refractivity contribution in [2.75, 3.05) is 39.4 Å². The van der Waals surface area contributed by atoms with E-state index in [1.807, 2.05) is 0 Å². The molecule has 12 N–H and O–H groups in total. The lowest BCUT2D eigenvalue weighted by Gasteiger charge is -2.26. The molecule has 8 atom stereocenters. The fourth-order valence-electron chi connectivity index (χ4n) is 5.69. The molecule has 0 aliphatic rings. The van der Waals surface area contributed by atoms with Gasteiger partial charge >= 0.3 is 0 Å². The molecule has 308 valence electrons. The molecule has 16 heteroatoms. The van der Waals surface area contributed by atoms with E-state index in [0.717, 1.165) is 19.3 Å². The van der Waals surface area contributed by atoms with Gasteiger partial charge in [-0.25, -0.2) is 0 Å². The van der Waals surface area contributed by atoms with E-state index >= 15 is 0 Å². The summed E-state index contributed by atoms with van der Waals surface area (Å²) >= 11 is 0. The number of nitrogens with zero attached hydrogens (tertiary/aromatic N) is 1. The van der Waals surface area contributed by atoms with Crippen LogP contribution in [0.5, 0.6) is 0 Å². The third kappa shape index (κ3) is 22.3. The zero-order chi connectivity index (χ0) is 39.3. The largest absolute Gasteiger partial charge is 0.394 e. The molecule has 16 nitrogen and oxygen atoms in total.